The molecular weight excluding hydrogens is 236 g/mol. The number of aliphatic hydroxyl groups excluding tert-OH is 2. The molecule has 2 N–H and O–H groups in total. The number of methoxy groups -OCH3 is 1. The molecule has 1 aliphatic rings. The molecule has 0 aromatic heterocycles. The van der Waals surface area contributed by atoms with Crippen molar-refractivity contribution in [1.82, 2.24) is 0 Å². The van der Waals surface area contributed by atoms with Crippen LogP contribution >= 0.6 is 0 Å². The van der Waals surface area contributed by atoms with E-state index in [0.717, 1.165) is 5.56 Å². The van der Waals surface area contributed by atoms with Gasteiger partial charge in [0.2, 0.25) is 0 Å². The minimum Gasteiger partial charge on any atom is -0.394 e. The van der Waals surface area contributed by atoms with Crippen molar-refractivity contribution in [3.63, 3.8) is 0 Å². The molecule has 1 aliphatic heterocycles. The van der Waals surface area contributed by atoms with E-state index in [-0.39, 0.29) is 6.61 Å². The second-order valence-electron chi connectivity index (χ2n) is 4.21. The van der Waals surface area contributed by atoms with Crippen LogP contribution in [-0.2, 0) is 20.8 Å². The Morgan fingerprint density at radius 3 is 2.61 bits per heavy atom. The molecule has 18 heavy (non-hydrogen) atoms. The zero-order valence-corrected chi connectivity index (χ0v) is 10.2. The third-order valence-electron chi connectivity index (χ3n) is 2.99. The molecule has 4 atom stereocenters. The van der Waals surface area contributed by atoms with Crippen LogP contribution in [0.5, 0.6) is 0 Å². The molecule has 0 amide bonds. The van der Waals surface area contributed by atoms with Crippen LogP contribution in [0.4, 0.5) is 0 Å². The lowest BCUT2D eigenvalue weighted by Crippen LogP contribution is -2.36. The van der Waals surface area contributed by atoms with Gasteiger partial charge in [-0.25, -0.2) is 0 Å². The molecule has 1 saturated heterocycles. The Morgan fingerprint density at radius 1 is 1.28 bits per heavy atom. The zero-order valence-electron chi connectivity index (χ0n) is 10.2. The Labute approximate surface area is 106 Å². The van der Waals surface area contributed by atoms with Crippen molar-refractivity contribution in [3.05, 3.63) is 35.9 Å². The lowest BCUT2D eigenvalue weighted by Gasteiger charge is -2.19. The van der Waals surface area contributed by atoms with E-state index in [1.54, 1.807) is 0 Å². The van der Waals surface area contributed by atoms with E-state index < -0.39 is 24.6 Å². The smallest absolute Gasteiger partial charge is 0.186 e. The number of benzene rings is 1. The standard InChI is InChI=1S/C13H18O5/c1-16-13-11(15)12(10(7-14)18-13)17-8-9-5-3-2-4-6-9/h2-6,10-15H,7-8H2,1H3/t10-,11-,12+,13-/m1/s1. The van der Waals surface area contributed by atoms with E-state index in [9.17, 15) is 10.2 Å². The minimum atomic E-state index is -0.893. The Balaban J connectivity index is 1.95. The van der Waals surface area contributed by atoms with Crippen LogP contribution in [0, 0.1) is 0 Å². The highest BCUT2D eigenvalue weighted by atomic mass is 16.7. The molecule has 0 spiro atoms. The van der Waals surface area contributed by atoms with Crippen molar-refractivity contribution in [1.29, 1.82) is 0 Å². The summed E-state index contributed by atoms with van der Waals surface area (Å²) in [6.07, 6.45) is -2.78. The van der Waals surface area contributed by atoms with Gasteiger partial charge in [0.05, 0.1) is 13.2 Å². The summed E-state index contributed by atoms with van der Waals surface area (Å²) in [5.41, 5.74) is 1.00. The van der Waals surface area contributed by atoms with Gasteiger partial charge < -0.3 is 24.4 Å². The molecule has 0 aliphatic carbocycles. The molecule has 0 radical (unpaired) electrons. The minimum absolute atomic E-state index is 0.212. The lowest BCUT2D eigenvalue weighted by molar-refractivity contribution is -0.153. The molecule has 1 heterocycles. The van der Waals surface area contributed by atoms with E-state index in [1.807, 2.05) is 30.3 Å². The summed E-state index contributed by atoms with van der Waals surface area (Å²) in [7, 11) is 1.45. The van der Waals surface area contributed by atoms with Gasteiger partial charge in [-0.15, -0.1) is 0 Å². The maximum Gasteiger partial charge on any atom is 0.186 e. The fraction of sp³-hybridized carbons (Fsp3) is 0.538. The van der Waals surface area contributed by atoms with Crippen molar-refractivity contribution in [2.75, 3.05) is 13.7 Å². The summed E-state index contributed by atoms with van der Waals surface area (Å²) in [6, 6.07) is 9.63. The number of ether oxygens (including phenoxy) is 3. The van der Waals surface area contributed by atoms with Gasteiger partial charge in [-0.3, -0.25) is 0 Å². The molecule has 1 fully saturated rings. The van der Waals surface area contributed by atoms with Gasteiger partial charge in [-0.2, -0.15) is 0 Å². The van der Waals surface area contributed by atoms with Gasteiger partial charge >= 0.3 is 0 Å². The predicted octanol–water partition coefficient (Wildman–Crippen LogP) is 0.296. The Kier molecular flexibility index (Phi) is 4.68. The van der Waals surface area contributed by atoms with E-state index in [4.69, 9.17) is 14.2 Å². The highest BCUT2D eigenvalue weighted by Gasteiger charge is 2.44. The van der Waals surface area contributed by atoms with Crippen LogP contribution in [0.2, 0.25) is 0 Å². The average Bonchev–Trinajstić information content (AvgIpc) is 2.73. The molecule has 5 nitrogen and oxygen atoms in total. The van der Waals surface area contributed by atoms with Gasteiger partial charge in [0.1, 0.15) is 18.3 Å². The van der Waals surface area contributed by atoms with E-state index in [2.05, 4.69) is 0 Å². The summed E-state index contributed by atoms with van der Waals surface area (Å²) < 4.78 is 15.9. The number of hydrogen-bond acceptors (Lipinski definition) is 5. The van der Waals surface area contributed by atoms with Crippen molar-refractivity contribution in [2.24, 2.45) is 0 Å². The average molecular weight is 254 g/mol. The molecule has 5 heteroatoms. The predicted molar refractivity (Wildman–Crippen MR) is 63.8 cm³/mol. The van der Waals surface area contributed by atoms with Gasteiger partial charge in [0.15, 0.2) is 6.29 Å². The Bertz CT molecular complexity index is 354. The highest BCUT2D eigenvalue weighted by Crippen LogP contribution is 2.25. The molecule has 1 aromatic rings. The first kappa shape index (κ1) is 13.5. The third-order valence-corrected chi connectivity index (χ3v) is 2.99. The normalized spacial score (nSPS) is 31.7. The van der Waals surface area contributed by atoms with Gasteiger partial charge in [0, 0.05) is 7.11 Å². The first-order valence-electron chi connectivity index (χ1n) is 5.89. The van der Waals surface area contributed by atoms with Crippen LogP contribution in [0.25, 0.3) is 0 Å². The summed E-state index contributed by atoms with van der Waals surface area (Å²) in [5.74, 6) is 0. The van der Waals surface area contributed by atoms with Gasteiger partial charge in [-0.05, 0) is 5.56 Å². The molecule has 0 saturated carbocycles. The summed E-state index contributed by atoms with van der Waals surface area (Å²) >= 11 is 0. The highest BCUT2D eigenvalue weighted by molar-refractivity contribution is 5.13. The summed E-state index contributed by atoms with van der Waals surface area (Å²) in [5, 5.41) is 19.1. The Morgan fingerprint density at radius 2 is 2.00 bits per heavy atom. The second kappa shape index (κ2) is 6.26. The molecular formula is C13H18O5. The SMILES string of the molecule is CO[C@@H]1O[C@H](CO)[C@H](OCc2ccccc2)[C@H]1O. The fourth-order valence-electron chi connectivity index (χ4n) is 2.02. The topological polar surface area (TPSA) is 68.2 Å². The number of rotatable bonds is 5. The van der Waals surface area contributed by atoms with Crippen molar-refractivity contribution >= 4 is 0 Å². The van der Waals surface area contributed by atoms with Crippen LogP contribution in [-0.4, -0.2) is 48.5 Å². The molecule has 100 valence electrons. The molecule has 0 bridgehead atoms. The second-order valence-corrected chi connectivity index (χ2v) is 4.21. The molecule has 0 unspecified atom stereocenters. The number of aliphatic hydroxyl groups is 2. The summed E-state index contributed by atoms with van der Waals surface area (Å²) in [6.45, 7) is 0.148. The van der Waals surface area contributed by atoms with Gasteiger partial charge in [0.25, 0.3) is 0 Å². The summed E-state index contributed by atoms with van der Waals surface area (Å²) in [4.78, 5) is 0. The quantitative estimate of drug-likeness (QED) is 0.791. The van der Waals surface area contributed by atoms with Crippen molar-refractivity contribution in [2.45, 2.75) is 31.2 Å². The molecule has 2 rings (SSSR count). The van der Waals surface area contributed by atoms with E-state index in [1.165, 1.54) is 7.11 Å². The van der Waals surface area contributed by atoms with E-state index >= 15 is 0 Å². The van der Waals surface area contributed by atoms with Crippen LogP contribution in [0.1, 0.15) is 5.56 Å². The Hall–Kier alpha value is -0.980. The monoisotopic (exact) mass is 254 g/mol. The maximum atomic E-state index is 9.94. The van der Waals surface area contributed by atoms with Crippen LogP contribution in [0.15, 0.2) is 30.3 Å². The van der Waals surface area contributed by atoms with Crippen molar-refractivity contribution in [3.8, 4) is 0 Å². The fourth-order valence-corrected chi connectivity index (χ4v) is 2.02. The maximum absolute atomic E-state index is 9.94. The first-order valence-corrected chi connectivity index (χ1v) is 5.89. The number of hydrogen-bond donors (Lipinski definition) is 2. The van der Waals surface area contributed by atoms with Crippen LogP contribution in [0.3, 0.4) is 0 Å². The zero-order chi connectivity index (χ0) is 13.0. The van der Waals surface area contributed by atoms with E-state index in [0.29, 0.717) is 6.61 Å². The largest absolute Gasteiger partial charge is 0.394 e. The lowest BCUT2D eigenvalue weighted by atomic mass is 10.1. The third kappa shape index (κ3) is 2.88. The van der Waals surface area contributed by atoms with Gasteiger partial charge in [-0.1, -0.05) is 30.3 Å². The first-order chi connectivity index (χ1) is 8.76. The molecule has 1 aromatic carbocycles. The van der Waals surface area contributed by atoms with Crippen molar-refractivity contribution < 1.29 is 24.4 Å². The van der Waals surface area contributed by atoms with Crippen LogP contribution < -0.4 is 0 Å².